The van der Waals surface area contributed by atoms with Gasteiger partial charge in [0, 0.05) is 18.7 Å². The minimum atomic E-state index is -0.687. The lowest BCUT2D eigenvalue weighted by Crippen LogP contribution is -2.52. The number of nitrogens with zero attached hydrogens (tertiary/aromatic N) is 1. The van der Waals surface area contributed by atoms with Gasteiger partial charge in [-0.2, -0.15) is 0 Å². The smallest absolute Gasteiger partial charge is 0.251 e. The van der Waals surface area contributed by atoms with Gasteiger partial charge in [-0.25, -0.2) is 0 Å². The summed E-state index contributed by atoms with van der Waals surface area (Å²) < 4.78 is 0. The molecule has 6 heteroatoms. The van der Waals surface area contributed by atoms with Gasteiger partial charge in [-0.1, -0.05) is 46.8 Å². The molecule has 1 atom stereocenters. The minimum Gasteiger partial charge on any atom is -0.352 e. The molecule has 1 aromatic carbocycles. The predicted molar refractivity (Wildman–Crippen MR) is 110 cm³/mol. The van der Waals surface area contributed by atoms with Crippen molar-refractivity contribution in [2.24, 2.45) is 5.92 Å². The van der Waals surface area contributed by atoms with Crippen LogP contribution in [0.3, 0.4) is 0 Å². The van der Waals surface area contributed by atoms with Gasteiger partial charge in [0.15, 0.2) is 0 Å². The Morgan fingerprint density at radius 1 is 1.11 bits per heavy atom. The molecular weight excluding hydrogens is 354 g/mol. The molecule has 154 valence electrons. The van der Waals surface area contributed by atoms with Gasteiger partial charge in [0.05, 0.1) is 6.54 Å². The first-order chi connectivity index (χ1) is 13.0. The maximum Gasteiger partial charge on any atom is 0.251 e. The van der Waals surface area contributed by atoms with Gasteiger partial charge in [0.2, 0.25) is 11.8 Å². The summed E-state index contributed by atoms with van der Waals surface area (Å²) in [5.74, 6) is -0.812. The second-order valence-corrected chi connectivity index (χ2v) is 9.06. The zero-order valence-electron chi connectivity index (χ0n) is 17.8. The molecule has 2 N–H and O–H groups in total. The number of carbonyl (C=O) groups is 3. The first kappa shape index (κ1) is 21.9. The molecule has 6 nitrogen and oxygen atoms in total. The van der Waals surface area contributed by atoms with Gasteiger partial charge in [-0.3, -0.25) is 14.4 Å². The molecule has 28 heavy (non-hydrogen) atoms. The molecule has 1 fully saturated rings. The molecule has 0 aliphatic heterocycles. The van der Waals surface area contributed by atoms with Gasteiger partial charge < -0.3 is 15.5 Å². The highest BCUT2D eigenvalue weighted by molar-refractivity contribution is 5.98. The summed E-state index contributed by atoms with van der Waals surface area (Å²) >= 11 is 0. The standard InChI is InChI=1S/C22H33N3O3/c1-14(2)19(21(28)25(6)13-18(26)23-17-11-12-17)24-20(27)15-7-9-16(10-8-15)22(3,4)5/h7-10,14,17,19H,11-13H2,1-6H3,(H,23,26)(H,24,27). The quantitative estimate of drug-likeness (QED) is 0.754. The van der Waals surface area contributed by atoms with Crippen LogP contribution in [-0.4, -0.2) is 48.3 Å². The molecule has 0 radical (unpaired) electrons. The lowest BCUT2D eigenvalue weighted by molar-refractivity contribution is -0.137. The highest BCUT2D eigenvalue weighted by atomic mass is 16.2. The fraction of sp³-hybridized carbons (Fsp3) is 0.591. The molecule has 0 saturated heterocycles. The maximum atomic E-state index is 12.8. The van der Waals surface area contributed by atoms with E-state index in [0.717, 1.165) is 18.4 Å². The second-order valence-electron chi connectivity index (χ2n) is 9.06. The normalized spacial score (nSPS) is 15.1. The highest BCUT2D eigenvalue weighted by Crippen LogP contribution is 2.22. The third-order valence-corrected chi connectivity index (χ3v) is 4.93. The predicted octanol–water partition coefficient (Wildman–Crippen LogP) is 2.48. The van der Waals surface area contributed by atoms with Crippen LogP contribution in [0.1, 0.15) is 63.4 Å². The third-order valence-electron chi connectivity index (χ3n) is 4.93. The van der Waals surface area contributed by atoms with E-state index in [9.17, 15) is 14.4 Å². The third kappa shape index (κ3) is 6.08. The molecule has 0 heterocycles. The van der Waals surface area contributed by atoms with Crippen molar-refractivity contribution in [1.82, 2.24) is 15.5 Å². The molecule has 2 rings (SSSR count). The first-order valence-electron chi connectivity index (χ1n) is 9.94. The molecule has 1 aliphatic rings. The van der Waals surface area contributed by atoms with Crippen molar-refractivity contribution in [2.45, 2.75) is 65.0 Å². The SMILES string of the molecule is CC(C)C(NC(=O)c1ccc(C(C)(C)C)cc1)C(=O)N(C)CC(=O)NC1CC1. The Kier molecular flexibility index (Phi) is 6.86. The number of hydrogen-bond donors (Lipinski definition) is 2. The van der Waals surface area contributed by atoms with E-state index in [4.69, 9.17) is 0 Å². The van der Waals surface area contributed by atoms with Crippen molar-refractivity contribution in [1.29, 1.82) is 0 Å². The zero-order valence-corrected chi connectivity index (χ0v) is 17.8. The van der Waals surface area contributed by atoms with Gasteiger partial charge in [0.1, 0.15) is 6.04 Å². The van der Waals surface area contributed by atoms with Crippen LogP contribution in [0.4, 0.5) is 0 Å². The van der Waals surface area contributed by atoms with E-state index in [1.807, 2.05) is 26.0 Å². The Bertz CT molecular complexity index is 716. The van der Waals surface area contributed by atoms with E-state index in [1.165, 1.54) is 4.90 Å². The van der Waals surface area contributed by atoms with E-state index < -0.39 is 6.04 Å². The summed E-state index contributed by atoms with van der Waals surface area (Å²) in [6.45, 7) is 10.1. The van der Waals surface area contributed by atoms with Crippen LogP contribution in [0.25, 0.3) is 0 Å². The fourth-order valence-electron chi connectivity index (χ4n) is 2.89. The summed E-state index contributed by atoms with van der Waals surface area (Å²) in [4.78, 5) is 38.8. The van der Waals surface area contributed by atoms with Crippen LogP contribution in [0.15, 0.2) is 24.3 Å². The number of amides is 3. The molecule has 1 aliphatic carbocycles. The van der Waals surface area contributed by atoms with E-state index >= 15 is 0 Å². The van der Waals surface area contributed by atoms with Crippen LogP contribution in [0.5, 0.6) is 0 Å². The fourth-order valence-corrected chi connectivity index (χ4v) is 2.89. The lowest BCUT2D eigenvalue weighted by Gasteiger charge is -2.27. The number of hydrogen-bond acceptors (Lipinski definition) is 3. The molecule has 1 aromatic rings. The Hall–Kier alpha value is -2.37. The number of likely N-dealkylation sites (N-methyl/N-ethyl adjacent to an activating group) is 1. The average Bonchev–Trinajstić information content (AvgIpc) is 3.41. The van der Waals surface area contributed by atoms with Gasteiger partial charge >= 0.3 is 0 Å². The van der Waals surface area contributed by atoms with Gasteiger partial charge in [0.25, 0.3) is 5.91 Å². The Balaban J connectivity index is 2.01. The average molecular weight is 388 g/mol. The van der Waals surface area contributed by atoms with Crippen LogP contribution in [0.2, 0.25) is 0 Å². The van der Waals surface area contributed by atoms with Crippen molar-refractivity contribution < 1.29 is 14.4 Å². The number of carbonyl (C=O) groups excluding carboxylic acids is 3. The Morgan fingerprint density at radius 3 is 2.14 bits per heavy atom. The van der Waals surface area contributed by atoms with E-state index in [-0.39, 0.29) is 41.6 Å². The zero-order chi connectivity index (χ0) is 21.1. The number of rotatable bonds is 7. The monoisotopic (exact) mass is 387 g/mol. The summed E-state index contributed by atoms with van der Waals surface area (Å²) in [6.07, 6.45) is 2.00. The minimum absolute atomic E-state index is 0.00525. The van der Waals surface area contributed by atoms with Crippen molar-refractivity contribution in [3.63, 3.8) is 0 Å². The van der Waals surface area contributed by atoms with Crippen molar-refractivity contribution >= 4 is 17.7 Å². The summed E-state index contributed by atoms with van der Waals surface area (Å²) in [5.41, 5.74) is 1.66. The van der Waals surface area contributed by atoms with E-state index in [2.05, 4.69) is 31.4 Å². The number of nitrogens with one attached hydrogen (secondary N) is 2. The van der Waals surface area contributed by atoms with Crippen LogP contribution < -0.4 is 10.6 Å². The van der Waals surface area contributed by atoms with Crippen molar-refractivity contribution in [2.75, 3.05) is 13.6 Å². The molecule has 1 unspecified atom stereocenters. The van der Waals surface area contributed by atoms with Crippen LogP contribution in [-0.2, 0) is 15.0 Å². The molecule has 0 aromatic heterocycles. The number of benzene rings is 1. The molecule has 0 bridgehead atoms. The van der Waals surface area contributed by atoms with E-state index in [0.29, 0.717) is 5.56 Å². The first-order valence-corrected chi connectivity index (χ1v) is 9.94. The van der Waals surface area contributed by atoms with Gasteiger partial charge in [-0.05, 0) is 41.9 Å². The maximum absolute atomic E-state index is 12.8. The molecular formula is C22H33N3O3. The lowest BCUT2D eigenvalue weighted by atomic mass is 9.86. The second kappa shape index (κ2) is 8.76. The highest BCUT2D eigenvalue weighted by Gasteiger charge is 2.29. The summed E-state index contributed by atoms with van der Waals surface area (Å²) in [5, 5.41) is 5.71. The van der Waals surface area contributed by atoms with Crippen molar-refractivity contribution in [3.8, 4) is 0 Å². The Morgan fingerprint density at radius 2 is 1.68 bits per heavy atom. The summed E-state index contributed by atoms with van der Waals surface area (Å²) in [6, 6.07) is 7.02. The molecule has 3 amide bonds. The van der Waals surface area contributed by atoms with E-state index in [1.54, 1.807) is 19.2 Å². The Labute approximate surface area is 168 Å². The molecule has 0 spiro atoms. The van der Waals surface area contributed by atoms with Gasteiger partial charge in [-0.15, -0.1) is 0 Å². The largest absolute Gasteiger partial charge is 0.352 e. The topological polar surface area (TPSA) is 78.5 Å². The van der Waals surface area contributed by atoms with Crippen LogP contribution >= 0.6 is 0 Å². The summed E-state index contributed by atoms with van der Waals surface area (Å²) in [7, 11) is 1.59. The molecule has 1 saturated carbocycles. The van der Waals surface area contributed by atoms with Crippen molar-refractivity contribution in [3.05, 3.63) is 35.4 Å². The van der Waals surface area contributed by atoms with Crippen LogP contribution in [0, 0.1) is 5.92 Å².